The minimum absolute atomic E-state index is 0.392. The average molecular weight is 296 g/mol. The molecular weight excluding hydrogens is 286 g/mol. The van der Waals surface area contributed by atoms with E-state index in [-0.39, 0.29) is 0 Å². The van der Waals surface area contributed by atoms with Crippen molar-refractivity contribution in [1.82, 2.24) is 0 Å². The number of halogens is 1. The first kappa shape index (κ1) is 10.8. The Morgan fingerprint density at radius 1 is 1.24 bits per heavy atom. The van der Waals surface area contributed by atoms with Gasteiger partial charge >= 0.3 is 0 Å². The van der Waals surface area contributed by atoms with E-state index in [1.807, 2.05) is 12.1 Å². The minimum atomic E-state index is -0.392. The fourth-order valence-corrected chi connectivity index (χ4v) is 2.76. The summed E-state index contributed by atoms with van der Waals surface area (Å²) in [5.74, 6) is 1.46. The van der Waals surface area contributed by atoms with Gasteiger partial charge < -0.3 is 9.47 Å². The third-order valence-corrected chi connectivity index (χ3v) is 3.77. The summed E-state index contributed by atoms with van der Waals surface area (Å²) in [6.45, 7) is 1.12. The molecular formula is C12H10BrNO3. The molecule has 0 spiro atoms. The van der Waals surface area contributed by atoms with Gasteiger partial charge in [-0.05, 0) is 30.5 Å². The van der Waals surface area contributed by atoms with E-state index in [0.717, 1.165) is 34.4 Å². The average Bonchev–Trinajstić information content (AvgIpc) is 3.09. The van der Waals surface area contributed by atoms with Gasteiger partial charge in [-0.2, -0.15) is 4.99 Å². The van der Waals surface area contributed by atoms with Gasteiger partial charge in [-0.25, -0.2) is 4.79 Å². The Bertz CT molecular complexity index is 519. The number of nitrogens with zero attached hydrogens (tertiary/aromatic N) is 1. The minimum Gasteiger partial charge on any atom is -0.486 e. The molecule has 0 unspecified atom stereocenters. The van der Waals surface area contributed by atoms with Crippen molar-refractivity contribution in [2.45, 2.75) is 18.4 Å². The van der Waals surface area contributed by atoms with Crippen molar-refractivity contribution in [1.29, 1.82) is 0 Å². The van der Waals surface area contributed by atoms with E-state index in [0.29, 0.717) is 13.2 Å². The zero-order valence-corrected chi connectivity index (χ0v) is 10.6. The van der Waals surface area contributed by atoms with Gasteiger partial charge in [-0.15, -0.1) is 0 Å². The Morgan fingerprint density at radius 3 is 2.47 bits per heavy atom. The van der Waals surface area contributed by atoms with Gasteiger partial charge in [0.25, 0.3) is 0 Å². The number of isocyanates is 1. The summed E-state index contributed by atoms with van der Waals surface area (Å²) in [7, 11) is 0. The molecule has 88 valence electrons. The quantitative estimate of drug-likeness (QED) is 0.622. The standard InChI is InChI=1S/C12H10BrNO3/c13-9-6-11-10(16-3-4-17-11)5-8(9)12(1-2-12)14-7-15/h5-6H,1-4H2. The van der Waals surface area contributed by atoms with Crippen LogP contribution in [0, 0.1) is 0 Å². The van der Waals surface area contributed by atoms with E-state index in [1.165, 1.54) is 0 Å². The Labute approximate surface area is 107 Å². The molecule has 1 aromatic carbocycles. The molecule has 1 aliphatic heterocycles. The molecule has 1 aliphatic carbocycles. The summed E-state index contributed by atoms with van der Waals surface area (Å²) in [6, 6.07) is 3.79. The second-order valence-corrected chi connectivity index (χ2v) is 5.06. The molecule has 17 heavy (non-hydrogen) atoms. The van der Waals surface area contributed by atoms with Crippen LogP contribution in [0.1, 0.15) is 18.4 Å². The van der Waals surface area contributed by atoms with E-state index < -0.39 is 5.54 Å². The summed E-state index contributed by atoms with van der Waals surface area (Å²) in [4.78, 5) is 14.4. The molecule has 1 aromatic rings. The van der Waals surface area contributed by atoms with E-state index in [1.54, 1.807) is 6.08 Å². The first-order valence-corrected chi connectivity index (χ1v) is 6.23. The first-order chi connectivity index (χ1) is 8.25. The highest BCUT2D eigenvalue weighted by Crippen LogP contribution is 2.53. The normalized spacial score (nSPS) is 19.4. The fraction of sp³-hybridized carbons (Fsp3) is 0.417. The lowest BCUT2D eigenvalue weighted by Crippen LogP contribution is -2.16. The maximum Gasteiger partial charge on any atom is 0.235 e. The van der Waals surface area contributed by atoms with Crippen LogP contribution in [0.25, 0.3) is 0 Å². The predicted molar refractivity (Wildman–Crippen MR) is 64.2 cm³/mol. The zero-order valence-electron chi connectivity index (χ0n) is 9.03. The van der Waals surface area contributed by atoms with Crippen LogP contribution in [0.2, 0.25) is 0 Å². The Hall–Kier alpha value is -1.32. The maximum atomic E-state index is 10.5. The molecule has 4 nitrogen and oxygen atoms in total. The van der Waals surface area contributed by atoms with Gasteiger partial charge in [-0.3, -0.25) is 0 Å². The lowest BCUT2D eigenvalue weighted by Gasteiger charge is -2.21. The molecule has 0 radical (unpaired) electrons. The number of benzene rings is 1. The highest BCUT2D eigenvalue weighted by Gasteiger charge is 2.46. The Morgan fingerprint density at radius 2 is 1.88 bits per heavy atom. The summed E-state index contributed by atoms with van der Waals surface area (Å²) < 4.78 is 11.9. The van der Waals surface area contributed by atoms with E-state index in [2.05, 4.69) is 20.9 Å². The second kappa shape index (κ2) is 3.86. The second-order valence-electron chi connectivity index (χ2n) is 4.21. The SMILES string of the molecule is O=C=NC1(c2cc3c(cc2Br)OCCO3)CC1. The van der Waals surface area contributed by atoms with Crippen molar-refractivity contribution in [3.63, 3.8) is 0 Å². The lowest BCUT2D eigenvalue weighted by atomic mass is 10.0. The van der Waals surface area contributed by atoms with Crippen LogP contribution in [0.3, 0.4) is 0 Å². The van der Waals surface area contributed by atoms with Crippen molar-refractivity contribution in [3.05, 3.63) is 22.2 Å². The summed E-state index contributed by atoms with van der Waals surface area (Å²) >= 11 is 3.50. The van der Waals surface area contributed by atoms with Crippen molar-refractivity contribution in [2.24, 2.45) is 4.99 Å². The molecule has 1 heterocycles. The third kappa shape index (κ3) is 1.75. The molecule has 0 amide bonds. The van der Waals surface area contributed by atoms with Crippen LogP contribution in [0.5, 0.6) is 11.5 Å². The molecule has 5 heteroatoms. The number of fused-ring (bicyclic) bond motifs is 1. The summed E-state index contributed by atoms with van der Waals surface area (Å²) in [5, 5.41) is 0. The predicted octanol–water partition coefficient (Wildman–Crippen LogP) is 2.55. The third-order valence-electron chi connectivity index (χ3n) is 3.12. The van der Waals surface area contributed by atoms with Crippen LogP contribution >= 0.6 is 15.9 Å². The molecule has 0 bridgehead atoms. The summed E-state index contributed by atoms with van der Waals surface area (Å²) in [6.07, 6.45) is 3.41. The maximum absolute atomic E-state index is 10.5. The highest BCUT2D eigenvalue weighted by atomic mass is 79.9. The van der Waals surface area contributed by atoms with Crippen LogP contribution in [0.15, 0.2) is 21.6 Å². The van der Waals surface area contributed by atoms with Crippen LogP contribution in [-0.2, 0) is 10.3 Å². The van der Waals surface area contributed by atoms with Crippen LogP contribution in [0.4, 0.5) is 0 Å². The molecule has 1 fully saturated rings. The van der Waals surface area contributed by atoms with Gasteiger partial charge in [0, 0.05) is 4.47 Å². The zero-order chi connectivity index (χ0) is 11.9. The van der Waals surface area contributed by atoms with Gasteiger partial charge in [0.05, 0.1) is 5.54 Å². The molecule has 1 saturated carbocycles. The lowest BCUT2D eigenvalue weighted by molar-refractivity contribution is 0.171. The summed E-state index contributed by atoms with van der Waals surface area (Å²) in [5.41, 5.74) is 0.585. The van der Waals surface area contributed by atoms with Crippen molar-refractivity contribution in [2.75, 3.05) is 13.2 Å². The van der Waals surface area contributed by atoms with Crippen LogP contribution in [-0.4, -0.2) is 19.3 Å². The molecule has 0 aromatic heterocycles. The molecule has 0 N–H and O–H groups in total. The van der Waals surface area contributed by atoms with E-state index >= 15 is 0 Å². The van der Waals surface area contributed by atoms with Crippen molar-refractivity contribution >= 4 is 22.0 Å². The van der Waals surface area contributed by atoms with Gasteiger partial charge in [0.1, 0.15) is 13.2 Å². The molecule has 3 rings (SSSR count). The fourth-order valence-electron chi connectivity index (χ4n) is 2.07. The van der Waals surface area contributed by atoms with Crippen molar-refractivity contribution in [3.8, 4) is 11.5 Å². The van der Waals surface area contributed by atoms with Gasteiger partial charge in [0.2, 0.25) is 6.08 Å². The number of hydrogen-bond acceptors (Lipinski definition) is 4. The first-order valence-electron chi connectivity index (χ1n) is 5.44. The van der Waals surface area contributed by atoms with E-state index in [4.69, 9.17) is 9.47 Å². The smallest absolute Gasteiger partial charge is 0.235 e. The monoisotopic (exact) mass is 295 g/mol. The number of aliphatic imine (C=N–C) groups is 1. The van der Waals surface area contributed by atoms with E-state index in [9.17, 15) is 4.79 Å². The topological polar surface area (TPSA) is 47.9 Å². The van der Waals surface area contributed by atoms with Gasteiger partial charge in [-0.1, -0.05) is 15.9 Å². The number of hydrogen-bond donors (Lipinski definition) is 0. The molecule has 2 aliphatic rings. The Kier molecular flexibility index (Phi) is 2.45. The van der Waals surface area contributed by atoms with Crippen molar-refractivity contribution < 1.29 is 14.3 Å². The molecule has 0 saturated heterocycles. The Balaban J connectivity index is 2.08. The number of rotatable bonds is 2. The van der Waals surface area contributed by atoms with Crippen LogP contribution < -0.4 is 9.47 Å². The highest BCUT2D eigenvalue weighted by molar-refractivity contribution is 9.10. The van der Waals surface area contributed by atoms with Gasteiger partial charge in [0.15, 0.2) is 11.5 Å². The largest absolute Gasteiger partial charge is 0.486 e. The number of carbonyl (C=O) groups excluding carboxylic acids is 1. The molecule has 0 atom stereocenters. The number of ether oxygens (including phenoxy) is 2.